The van der Waals surface area contributed by atoms with Crippen LogP contribution in [0.25, 0.3) is 0 Å². The summed E-state index contributed by atoms with van der Waals surface area (Å²) in [6.45, 7) is 10.8. The summed E-state index contributed by atoms with van der Waals surface area (Å²) >= 11 is 0. The molecule has 1 fully saturated rings. The molecule has 3 aliphatic rings. The lowest BCUT2D eigenvalue weighted by atomic mass is 9.51. The molecule has 0 unspecified atom stereocenters. The molecule has 3 aliphatic carbocycles. The topological polar surface area (TPSA) is 37.3 Å². The SMILES string of the molecule is CC(C)C1=CC(=O)[C@@]2(C)CC[C@@]3(C)C=C[C@@](C)(O)CC[C@@H]3[C@@H]12. The molecule has 122 valence electrons. The molecule has 0 radical (unpaired) electrons. The zero-order valence-electron chi connectivity index (χ0n) is 14.6. The van der Waals surface area contributed by atoms with Crippen molar-refractivity contribution in [2.45, 2.75) is 65.9 Å². The quantitative estimate of drug-likeness (QED) is 0.734. The van der Waals surface area contributed by atoms with E-state index in [0.29, 0.717) is 23.5 Å². The van der Waals surface area contributed by atoms with E-state index in [-0.39, 0.29) is 10.8 Å². The molecule has 0 heterocycles. The lowest BCUT2D eigenvalue weighted by Gasteiger charge is -2.51. The van der Waals surface area contributed by atoms with Crippen molar-refractivity contribution >= 4 is 5.78 Å². The van der Waals surface area contributed by atoms with Gasteiger partial charge in [0.1, 0.15) is 0 Å². The molecule has 1 saturated carbocycles. The van der Waals surface area contributed by atoms with Gasteiger partial charge in [-0.1, -0.05) is 45.4 Å². The van der Waals surface area contributed by atoms with Crippen LogP contribution < -0.4 is 0 Å². The van der Waals surface area contributed by atoms with Crippen LogP contribution in [0, 0.1) is 28.6 Å². The Balaban J connectivity index is 2.05. The Hall–Kier alpha value is -0.890. The monoisotopic (exact) mass is 302 g/mol. The second-order valence-corrected chi connectivity index (χ2v) is 8.90. The Bertz CT molecular complexity index is 554. The van der Waals surface area contributed by atoms with E-state index in [0.717, 1.165) is 25.7 Å². The van der Waals surface area contributed by atoms with Crippen molar-refractivity contribution in [3.8, 4) is 0 Å². The number of carbonyl (C=O) groups excluding carboxylic acids is 1. The summed E-state index contributed by atoms with van der Waals surface area (Å²) in [6.07, 6.45) is 10.00. The molecular weight excluding hydrogens is 272 g/mol. The van der Waals surface area contributed by atoms with Crippen LogP contribution >= 0.6 is 0 Å². The summed E-state index contributed by atoms with van der Waals surface area (Å²) in [5.74, 6) is 1.56. The number of carbonyl (C=O) groups is 1. The molecule has 0 spiro atoms. The fraction of sp³-hybridized carbons (Fsp3) is 0.750. The van der Waals surface area contributed by atoms with Gasteiger partial charge in [-0.25, -0.2) is 0 Å². The number of allylic oxidation sites excluding steroid dienone is 3. The van der Waals surface area contributed by atoms with Gasteiger partial charge in [-0.2, -0.15) is 0 Å². The summed E-state index contributed by atoms with van der Waals surface area (Å²) in [5, 5.41) is 10.5. The summed E-state index contributed by atoms with van der Waals surface area (Å²) in [7, 11) is 0. The summed E-state index contributed by atoms with van der Waals surface area (Å²) in [5.41, 5.74) is 0.524. The first-order valence-corrected chi connectivity index (χ1v) is 8.78. The number of hydrogen-bond donors (Lipinski definition) is 1. The summed E-state index contributed by atoms with van der Waals surface area (Å²) < 4.78 is 0. The highest BCUT2D eigenvalue weighted by Gasteiger charge is 2.58. The molecule has 0 aromatic carbocycles. The molecule has 22 heavy (non-hydrogen) atoms. The van der Waals surface area contributed by atoms with E-state index in [1.165, 1.54) is 5.57 Å². The standard InChI is InChI=1S/C20H30O2/c1-13(2)14-12-16(21)20(5)11-9-18(3)8-10-19(4,22)7-6-15(18)17(14)20/h8,10,12-13,15,17,22H,6-7,9,11H2,1-5H3/t15-,17-,18-,19+,20-/m1/s1. The normalized spacial score (nSPS) is 48.0. The molecule has 0 bridgehead atoms. The Morgan fingerprint density at radius 3 is 2.45 bits per heavy atom. The van der Waals surface area contributed by atoms with E-state index < -0.39 is 5.60 Å². The molecule has 0 saturated heterocycles. The highest BCUT2D eigenvalue weighted by atomic mass is 16.3. The molecular formula is C20H30O2. The maximum absolute atomic E-state index is 12.7. The van der Waals surface area contributed by atoms with Crippen LogP contribution in [0.3, 0.4) is 0 Å². The van der Waals surface area contributed by atoms with E-state index in [4.69, 9.17) is 0 Å². The molecule has 2 heteroatoms. The van der Waals surface area contributed by atoms with Gasteiger partial charge in [0.15, 0.2) is 5.78 Å². The van der Waals surface area contributed by atoms with Gasteiger partial charge < -0.3 is 5.11 Å². The lowest BCUT2D eigenvalue weighted by Crippen LogP contribution is -2.47. The van der Waals surface area contributed by atoms with Gasteiger partial charge in [0.25, 0.3) is 0 Å². The molecule has 5 atom stereocenters. The van der Waals surface area contributed by atoms with Crippen molar-refractivity contribution in [1.82, 2.24) is 0 Å². The van der Waals surface area contributed by atoms with Gasteiger partial charge >= 0.3 is 0 Å². The Labute approximate surface area is 134 Å². The van der Waals surface area contributed by atoms with Crippen molar-refractivity contribution in [2.75, 3.05) is 0 Å². The first-order valence-electron chi connectivity index (χ1n) is 8.78. The minimum absolute atomic E-state index is 0.100. The van der Waals surface area contributed by atoms with E-state index >= 15 is 0 Å². The van der Waals surface area contributed by atoms with E-state index in [1.54, 1.807) is 0 Å². The second-order valence-electron chi connectivity index (χ2n) is 8.90. The zero-order chi connectivity index (χ0) is 16.3. The average Bonchev–Trinajstić information content (AvgIpc) is 2.62. The molecule has 0 aliphatic heterocycles. The van der Waals surface area contributed by atoms with Crippen molar-refractivity contribution in [3.63, 3.8) is 0 Å². The third-order valence-electron chi connectivity index (χ3n) is 6.79. The molecule has 0 amide bonds. The second kappa shape index (κ2) is 4.80. The molecule has 1 N–H and O–H groups in total. The van der Waals surface area contributed by atoms with E-state index in [9.17, 15) is 9.90 Å². The third-order valence-corrected chi connectivity index (χ3v) is 6.79. The zero-order valence-corrected chi connectivity index (χ0v) is 14.6. The Kier molecular flexibility index (Phi) is 3.49. The highest BCUT2D eigenvalue weighted by molar-refractivity contribution is 5.99. The van der Waals surface area contributed by atoms with Crippen LogP contribution in [0.2, 0.25) is 0 Å². The lowest BCUT2D eigenvalue weighted by molar-refractivity contribution is -0.129. The molecule has 3 rings (SSSR count). The van der Waals surface area contributed by atoms with Gasteiger partial charge in [-0.05, 0) is 61.9 Å². The first-order chi connectivity index (χ1) is 10.1. The van der Waals surface area contributed by atoms with E-state index in [2.05, 4.69) is 33.8 Å². The van der Waals surface area contributed by atoms with Crippen LogP contribution in [-0.2, 0) is 4.79 Å². The minimum Gasteiger partial charge on any atom is -0.386 e. The summed E-state index contributed by atoms with van der Waals surface area (Å²) in [4.78, 5) is 12.7. The van der Waals surface area contributed by atoms with Crippen LogP contribution in [0.4, 0.5) is 0 Å². The maximum Gasteiger partial charge on any atom is 0.162 e. The van der Waals surface area contributed by atoms with Crippen molar-refractivity contribution in [1.29, 1.82) is 0 Å². The van der Waals surface area contributed by atoms with Crippen LogP contribution in [-0.4, -0.2) is 16.5 Å². The fourth-order valence-electron chi connectivity index (χ4n) is 5.11. The van der Waals surface area contributed by atoms with Gasteiger partial charge in [0.2, 0.25) is 0 Å². The molecule has 0 aromatic heterocycles. The van der Waals surface area contributed by atoms with Gasteiger partial charge in [-0.15, -0.1) is 0 Å². The third kappa shape index (κ3) is 2.22. The van der Waals surface area contributed by atoms with Crippen LogP contribution in [0.15, 0.2) is 23.8 Å². The summed E-state index contributed by atoms with van der Waals surface area (Å²) in [6, 6.07) is 0. The number of fused-ring (bicyclic) bond motifs is 3. The van der Waals surface area contributed by atoms with Crippen LogP contribution in [0.1, 0.15) is 60.3 Å². The Morgan fingerprint density at radius 1 is 1.14 bits per heavy atom. The van der Waals surface area contributed by atoms with Crippen molar-refractivity contribution in [2.24, 2.45) is 28.6 Å². The maximum atomic E-state index is 12.7. The first kappa shape index (κ1) is 16.0. The molecule has 0 aromatic rings. The van der Waals surface area contributed by atoms with Crippen molar-refractivity contribution < 1.29 is 9.90 Å². The van der Waals surface area contributed by atoms with E-state index in [1.807, 2.05) is 19.1 Å². The largest absolute Gasteiger partial charge is 0.386 e. The highest BCUT2D eigenvalue weighted by Crippen LogP contribution is 2.62. The number of hydrogen-bond acceptors (Lipinski definition) is 2. The van der Waals surface area contributed by atoms with Crippen molar-refractivity contribution in [3.05, 3.63) is 23.8 Å². The Morgan fingerprint density at radius 2 is 1.82 bits per heavy atom. The number of ketones is 1. The molecule has 2 nitrogen and oxygen atoms in total. The average molecular weight is 302 g/mol. The predicted octanol–water partition coefficient (Wildman–Crippen LogP) is 4.29. The van der Waals surface area contributed by atoms with Gasteiger partial charge in [0, 0.05) is 5.41 Å². The van der Waals surface area contributed by atoms with Gasteiger partial charge in [-0.3, -0.25) is 4.79 Å². The van der Waals surface area contributed by atoms with Gasteiger partial charge in [0.05, 0.1) is 5.60 Å². The minimum atomic E-state index is -0.707. The number of rotatable bonds is 1. The predicted molar refractivity (Wildman–Crippen MR) is 89.4 cm³/mol. The fourth-order valence-corrected chi connectivity index (χ4v) is 5.11. The number of aliphatic hydroxyl groups is 1. The smallest absolute Gasteiger partial charge is 0.162 e. The van der Waals surface area contributed by atoms with Crippen LogP contribution in [0.5, 0.6) is 0 Å².